The first-order valence-electron chi connectivity index (χ1n) is 11.1. The maximum atomic E-state index is 12.8. The standard InChI is InChI=1S/C26H33N5O3/c1-6-34-24(32)16-30-26(33)31(17(2)3)23-15-18(4)21(14-19(23)5)8-7-13-29-22-11-9-20(10-12-22)25(27)28/h9-12,14-15,17,29H,6,13,16H2,1-5H3,(H3,27,28)(H,30,33). The van der Waals surface area contributed by atoms with E-state index < -0.39 is 5.97 Å². The van der Waals surface area contributed by atoms with E-state index in [1.807, 2.05) is 52.0 Å². The molecule has 0 saturated carbocycles. The quantitative estimate of drug-likeness (QED) is 0.207. The fourth-order valence-electron chi connectivity index (χ4n) is 3.32. The van der Waals surface area contributed by atoms with Crippen molar-refractivity contribution in [2.45, 2.75) is 40.7 Å². The smallest absolute Gasteiger partial charge is 0.325 e. The highest BCUT2D eigenvalue weighted by Crippen LogP contribution is 2.26. The summed E-state index contributed by atoms with van der Waals surface area (Å²) >= 11 is 0. The second kappa shape index (κ2) is 12.3. The van der Waals surface area contributed by atoms with Crippen molar-refractivity contribution in [3.63, 3.8) is 0 Å². The molecule has 0 aliphatic rings. The second-order valence-corrected chi connectivity index (χ2v) is 8.03. The maximum Gasteiger partial charge on any atom is 0.325 e. The molecular weight excluding hydrogens is 430 g/mol. The van der Waals surface area contributed by atoms with Crippen LogP contribution in [0.25, 0.3) is 0 Å². The molecule has 34 heavy (non-hydrogen) atoms. The lowest BCUT2D eigenvalue weighted by Gasteiger charge is -2.29. The Labute approximate surface area is 201 Å². The second-order valence-electron chi connectivity index (χ2n) is 8.03. The van der Waals surface area contributed by atoms with Crippen molar-refractivity contribution < 1.29 is 14.3 Å². The van der Waals surface area contributed by atoms with Gasteiger partial charge in [-0.25, -0.2) is 4.79 Å². The number of hydrogen-bond acceptors (Lipinski definition) is 5. The number of ether oxygens (including phenoxy) is 1. The predicted octanol–water partition coefficient (Wildman–Crippen LogP) is 3.54. The van der Waals surface area contributed by atoms with E-state index in [1.165, 1.54) is 0 Å². The number of benzene rings is 2. The molecule has 0 aliphatic carbocycles. The summed E-state index contributed by atoms with van der Waals surface area (Å²) in [6.07, 6.45) is 0. The third-order valence-corrected chi connectivity index (χ3v) is 5.03. The number of nitrogens with zero attached hydrogens (tertiary/aromatic N) is 1. The Kier molecular flexibility index (Phi) is 9.50. The molecule has 0 atom stereocenters. The Bertz CT molecular complexity index is 1100. The molecule has 8 heteroatoms. The number of amides is 2. The molecule has 2 rings (SSSR count). The first-order valence-corrected chi connectivity index (χ1v) is 11.1. The maximum absolute atomic E-state index is 12.8. The van der Waals surface area contributed by atoms with Gasteiger partial charge in [-0.15, -0.1) is 0 Å². The molecule has 0 bridgehead atoms. The number of carbonyl (C=O) groups is 2. The van der Waals surface area contributed by atoms with Crippen LogP contribution in [0.1, 0.15) is 43.0 Å². The number of nitrogens with two attached hydrogens (primary N) is 1. The van der Waals surface area contributed by atoms with Crippen molar-refractivity contribution in [2.24, 2.45) is 5.73 Å². The number of amidine groups is 1. The molecule has 0 saturated heterocycles. The summed E-state index contributed by atoms with van der Waals surface area (Å²) in [4.78, 5) is 26.0. The summed E-state index contributed by atoms with van der Waals surface area (Å²) in [7, 11) is 0. The summed E-state index contributed by atoms with van der Waals surface area (Å²) in [6, 6.07) is 10.7. The van der Waals surface area contributed by atoms with E-state index in [-0.39, 0.29) is 31.1 Å². The lowest BCUT2D eigenvalue weighted by atomic mass is 10.0. The van der Waals surface area contributed by atoms with E-state index in [9.17, 15) is 9.59 Å². The van der Waals surface area contributed by atoms with Crippen LogP contribution in [0.3, 0.4) is 0 Å². The number of rotatable bonds is 8. The minimum Gasteiger partial charge on any atom is -0.465 e. The number of anilines is 2. The van der Waals surface area contributed by atoms with Crippen molar-refractivity contribution in [1.29, 1.82) is 5.41 Å². The topological polar surface area (TPSA) is 121 Å². The number of nitrogen functional groups attached to an aromatic ring is 1. The summed E-state index contributed by atoms with van der Waals surface area (Å²) in [6.45, 7) is 9.99. The van der Waals surface area contributed by atoms with Crippen molar-refractivity contribution in [3.8, 4) is 11.8 Å². The highest BCUT2D eigenvalue weighted by Gasteiger charge is 2.22. The number of esters is 1. The molecule has 0 aliphatic heterocycles. The van der Waals surface area contributed by atoms with Gasteiger partial charge in [-0.05, 0) is 82.1 Å². The molecule has 8 nitrogen and oxygen atoms in total. The Morgan fingerprint density at radius 2 is 1.82 bits per heavy atom. The largest absolute Gasteiger partial charge is 0.465 e. The highest BCUT2D eigenvalue weighted by atomic mass is 16.5. The van der Waals surface area contributed by atoms with Gasteiger partial charge in [0, 0.05) is 28.5 Å². The van der Waals surface area contributed by atoms with Crippen LogP contribution in [-0.2, 0) is 9.53 Å². The summed E-state index contributed by atoms with van der Waals surface area (Å²) in [5, 5.41) is 13.3. The zero-order valence-electron chi connectivity index (χ0n) is 20.4. The van der Waals surface area contributed by atoms with Gasteiger partial charge >= 0.3 is 12.0 Å². The van der Waals surface area contributed by atoms with Crippen molar-refractivity contribution >= 4 is 29.2 Å². The number of carbonyl (C=O) groups excluding carboxylic acids is 2. The zero-order valence-corrected chi connectivity index (χ0v) is 20.4. The molecule has 180 valence electrons. The minimum absolute atomic E-state index is 0.0353. The van der Waals surface area contributed by atoms with Gasteiger partial charge in [-0.3, -0.25) is 15.1 Å². The molecule has 0 spiro atoms. The van der Waals surface area contributed by atoms with E-state index in [4.69, 9.17) is 15.9 Å². The molecule has 0 unspecified atom stereocenters. The fourth-order valence-corrected chi connectivity index (χ4v) is 3.32. The molecular formula is C26H33N5O3. The van der Waals surface area contributed by atoms with Crippen LogP contribution in [0.2, 0.25) is 0 Å². The Balaban J connectivity index is 2.11. The van der Waals surface area contributed by atoms with Crippen molar-refractivity contribution in [2.75, 3.05) is 29.9 Å². The van der Waals surface area contributed by atoms with E-state index >= 15 is 0 Å². The van der Waals surface area contributed by atoms with E-state index in [0.717, 1.165) is 28.1 Å². The monoisotopic (exact) mass is 463 g/mol. The van der Waals surface area contributed by atoms with Crippen LogP contribution in [0.5, 0.6) is 0 Å². The van der Waals surface area contributed by atoms with Crippen molar-refractivity contribution in [3.05, 3.63) is 58.7 Å². The number of urea groups is 1. The average Bonchev–Trinajstić information content (AvgIpc) is 2.78. The third-order valence-electron chi connectivity index (χ3n) is 5.03. The normalized spacial score (nSPS) is 10.2. The Morgan fingerprint density at radius 1 is 1.15 bits per heavy atom. The van der Waals surface area contributed by atoms with E-state index in [0.29, 0.717) is 12.1 Å². The zero-order chi connectivity index (χ0) is 25.3. The fraction of sp³-hybridized carbons (Fsp3) is 0.346. The van der Waals surface area contributed by atoms with Crippen LogP contribution in [0.15, 0.2) is 36.4 Å². The Hall–Kier alpha value is -3.99. The van der Waals surface area contributed by atoms with E-state index in [1.54, 1.807) is 24.0 Å². The van der Waals surface area contributed by atoms with E-state index in [2.05, 4.69) is 22.5 Å². The third kappa shape index (κ3) is 7.27. The van der Waals surface area contributed by atoms with Gasteiger partial charge in [0.1, 0.15) is 12.4 Å². The van der Waals surface area contributed by atoms with Crippen LogP contribution in [-0.4, -0.2) is 43.6 Å². The highest BCUT2D eigenvalue weighted by molar-refractivity contribution is 5.95. The van der Waals surface area contributed by atoms with Crippen LogP contribution in [0, 0.1) is 31.1 Å². The molecule has 5 N–H and O–H groups in total. The first kappa shape index (κ1) is 26.3. The minimum atomic E-state index is -0.471. The summed E-state index contributed by atoms with van der Waals surface area (Å²) in [5.74, 6) is 5.87. The molecule has 0 heterocycles. The summed E-state index contributed by atoms with van der Waals surface area (Å²) in [5.41, 5.74) is 10.5. The predicted molar refractivity (Wildman–Crippen MR) is 136 cm³/mol. The SMILES string of the molecule is CCOC(=O)CNC(=O)N(c1cc(C)c(C#CCNc2ccc(C(=N)N)cc2)cc1C)C(C)C. The van der Waals surface area contributed by atoms with Gasteiger partial charge in [0.2, 0.25) is 0 Å². The molecule has 0 fully saturated rings. The van der Waals surface area contributed by atoms with Gasteiger partial charge in [0.15, 0.2) is 0 Å². The Morgan fingerprint density at radius 3 is 2.41 bits per heavy atom. The molecule has 2 aromatic rings. The summed E-state index contributed by atoms with van der Waals surface area (Å²) < 4.78 is 4.88. The lowest BCUT2D eigenvalue weighted by molar-refractivity contribution is -0.141. The van der Waals surface area contributed by atoms with Crippen molar-refractivity contribution in [1.82, 2.24) is 5.32 Å². The molecule has 2 aromatic carbocycles. The average molecular weight is 464 g/mol. The van der Waals surface area contributed by atoms with Gasteiger partial charge in [-0.2, -0.15) is 0 Å². The van der Waals surface area contributed by atoms with Crippen LogP contribution in [0.4, 0.5) is 16.2 Å². The molecule has 0 radical (unpaired) electrons. The van der Waals surface area contributed by atoms with Gasteiger partial charge < -0.3 is 21.1 Å². The van der Waals surface area contributed by atoms with Gasteiger partial charge in [0.25, 0.3) is 0 Å². The number of nitrogens with one attached hydrogen (secondary N) is 3. The lowest BCUT2D eigenvalue weighted by Crippen LogP contribution is -2.46. The first-order chi connectivity index (χ1) is 16.1. The van der Waals surface area contributed by atoms with Crippen LogP contribution >= 0.6 is 0 Å². The number of hydrogen-bond donors (Lipinski definition) is 4. The van der Waals surface area contributed by atoms with Gasteiger partial charge in [-0.1, -0.05) is 11.8 Å². The van der Waals surface area contributed by atoms with Crippen LogP contribution < -0.4 is 21.3 Å². The molecule has 0 aromatic heterocycles. The number of aryl methyl sites for hydroxylation is 2. The van der Waals surface area contributed by atoms with Gasteiger partial charge in [0.05, 0.1) is 13.2 Å². The molecule has 2 amide bonds.